The Morgan fingerprint density at radius 2 is 2.00 bits per heavy atom. The molecule has 1 atom stereocenters. The second-order valence-electron chi connectivity index (χ2n) is 5.67. The van der Waals surface area contributed by atoms with Crippen LogP contribution >= 0.6 is 0 Å². The molecule has 1 aromatic carbocycles. The molecule has 0 saturated carbocycles. The normalized spacial score (nSPS) is 11.7. The topological polar surface area (TPSA) is 54.5 Å². The first kappa shape index (κ1) is 18.7. The van der Waals surface area contributed by atoms with Crippen LogP contribution < -0.4 is 10.1 Å². The van der Waals surface area contributed by atoms with Crippen LogP contribution in [0.1, 0.15) is 37.4 Å². The largest absolute Gasteiger partial charge is 0.491 e. The molecule has 5 nitrogen and oxygen atoms in total. The van der Waals surface area contributed by atoms with E-state index in [1.54, 1.807) is 43.4 Å². The fraction of sp³-hybridized carbons (Fsp3) is 0.368. The van der Waals surface area contributed by atoms with Crippen LogP contribution in [0.2, 0.25) is 0 Å². The van der Waals surface area contributed by atoms with E-state index in [0.717, 1.165) is 12.0 Å². The average Bonchev–Trinajstić information content (AvgIpc) is 2.63. The molecule has 134 valence electrons. The van der Waals surface area contributed by atoms with Crippen LogP contribution in [0.5, 0.6) is 5.75 Å². The van der Waals surface area contributed by atoms with Gasteiger partial charge in [-0.15, -0.1) is 0 Å². The van der Waals surface area contributed by atoms with Gasteiger partial charge in [-0.25, -0.2) is 9.18 Å². The van der Waals surface area contributed by atoms with E-state index in [-0.39, 0.29) is 24.4 Å². The Morgan fingerprint density at radius 3 is 2.60 bits per heavy atom. The number of nitrogens with one attached hydrogen (secondary N) is 1. The van der Waals surface area contributed by atoms with E-state index in [1.807, 2.05) is 19.1 Å². The Kier molecular flexibility index (Phi) is 6.74. The van der Waals surface area contributed by atoms with Gasteiger partial charge in [0.15, 0.2) is 11.6 Å². The van der Waals surface area contributed by atoms with E-state index in [1.165, 1.54) is 6.07 Å². The zero-order valence-corrected chi connectivity index (χ0v) is 14.8. The van der Waals surface area contributed by atoms with Crippen molar-refractivity contribution in [1.29, 1.82) is 0 Å². The van der Waals surface area contributed by atoms with Crippen LogP contribution in [0.25, 0.3) is 0 Å². The third kappa shape index (κ3) is 4.92. The van der Waals surface area contributed by atoms with Gasteiger partial charge in [0.25, 0.3) is 0 Å². The predicted octanol–water partition coefficient (Wildman–Crippen LogP) is 3.91. The lowest BCUT2D eigenvalue weighted by molar-refractivity contribution is 0.188. The van der Waals surface area contributed by atoms with Crippen LogP contribution in [0.4, 0.5) is 9.18 Å². The first-order valence-corrected chi connectivity index (χ1v) is 8.38. The number of amides is 2. The lowest BCUT2D eigenvalue weighted by Crippen LogP contribution is -2.39. The van der Waals surface area contributed by atoms with Crippen LogP contribution in [-0.4, -0.2) is 29.6 Å². The van der Waals surface area contributed by atoms with Gasteiger partial charge in [0.2, 0.25) is 0 Å². The third-order valence-electron chi connectivity index (χ3n) is 4.01. The van der Waals surface area contributed by atoms with Crippen molar-refractivity contribution in [2.45, 2.75) is 32.9 Å². The summed E-state index contributed by atoms with van der Waals surface area (Å²) in [7, 11) is 1.75. The molecule has 1 aromatic heterocycles. The predicted molar refractivity (Wildman–Crippen MR) is 94.8 cm³/mol. The fourth-order valence-corrected chi connectivity index (χ4v) is 2.69. The summed E-state index contributed by atoms with van der Waals surface area (Å²) in [4.78, 5) is 18.1. The molecule has 25 heavy (non-hydrogen) atoms. The number of aromatic nitrogens is 1. The SMILES string of the molecule is CCOc1ccc(CNC(=O)N(C)[C@H](CC)c2ccncc2)cc1F. The highest BCUT2D eigenvalue weighted by Crippen LogP contribution is 2.22. The number of urea groups is 1. The van der Waals surface area contributed by atoms with Gasteiger partial charge in [0.05, 0.1) is 12.6 Å². The molecule has 0 bridgehead atoms. The van der Waals surface area contributed by atoms with Gasteiger partial charge >= 0.3 is 6.03 Å². The summed E-state index contributed by atoms with van der Waals surface area (Å²) in [5.41, 5.74) is 1.71. The summed E-state index contributed by atoms with van der Waals surface area (Å²) < 4.78 is 19.0. The lowest BCUT2D eigenvalue weighted by atomic mass is 10.1. The minimum atomic E-state index is -0.426. The Hall–Kier alpha value is -2.63. The summed E-state index contributed by atoms with van der Waals surface area (Å²) in [5.74, 6) is -0.205. The van der Waals surface area contributed by atoms with E-state index in [0.29, 0.717) is 12.2 Å². The molecular weight excluding hydrogens is 321 g/mol. The molecule has 1 heterocycles. The number of nitrogens with zero attached hydrogens (tertiary/aromatic N) is 2. The maximum absolute atomic E-state index is 13.9. The zero-order valence-electron chi connectivity index (χ0n) is 14.8. The Balaban J connectivity index is 1.98. The van der Waals surface area contributed by atoms with Crippen LogP contribution in [0.15, 0.2) is 42.7 Å². The Bertz CT molecular complexity index is 694. The molecule has 0 aliphatic carbocycles. The molecule has 0 fully saturated rings. The molecule has 0 saturated heterocycles. The maximum Gasteiger partial charge on any atom is 0.317 e. The summed E-state index contributed by atoms with van der Waals surface area (Å²) in [6.07, 6.45) is 4.21. The van der Waals surface area contributed by atoms with E-state index in [4.69, 9.17) is 4.74 Å². The van der Waals surface area contributed by atoms with Crippen molar-refractivity contribution in [2.24, 2.45) is 0 Å². The quantitative estimate of drug-likeness (QED) is 0.828. The molecule has 2 aromatic rings. The Morgan fingerprint density at radius 1 is 1.28 bits per heavy atom. The fourth-order valence-electron chi connectivity index (χ4n) is 2.69. The summed E-state index contributed by atoms with van der Waals surface area (Å²) in [5, 5.41) is 2.83. The van der Waals surface area contributed by atoms with Crippen molar-refractivity contribution in [3.05, 3.63) is 59.7 Å². The molecule has 0 aliphatic rings. The molecular formula is C19H24FN3O2. The highest BCUT2D eigenvalue weighted by atomic mass is 19.1. The standard InChI is InChI=1S/C19H24FN3O2/c1-4-17(15-8-10-21-11-9-15)23(3)19(24)22-13-14-6-7-18(25-5-2)16(20)12-14/h6-12,17H,4-5,13H2,1-3H3,(H,22,24)/t17-/m1/s1. The maximum atomic E-state index is 13.9. The molecule has 6 heteroatoms. The molecule has 0 spiro atoms. The highest BCUT2D eigenvalue weighted by Gasteiger charge is 2.19. The molecule has 0 unspecified atom stereocenters. The van der Waals surface area contributed by atoms with Gasteiger partial charge in [-0.3, -0.25) is 4.98 Å². The van der Waals surface area contributed by atoms with Crippen LogP contribution in [0, 0.1) is 5.82 Å². The molecule has 2 amide bonds. The number of halogens is 1. The van der Waals surface area contributed by atoms with Gasteiger partial charge in [-0.1, -0.05) is 13.0 Å². The van der Waals surface area contributed by atoms with Crippen molar-refractivity contribution in [1.82, 2.24) is 15.2 Å². The molecule has 0 radical (unpaired) electrons. The molecule has 0 aliphatic heterocycles. The van der Waals surface area contributed by atoms with E-state index in [9.17, 15) is 9.18 Å². The van der Waals surface area contributed by atoms with Crippen molar-refractivity contribution in [3.63, 3.8) is 0 Å². The number of ether oxygens (including phenoxy) is 1. The van der Waals surface area contributed by atoms with E-state index in [2.05, 4.69) is 10.3 Å². The number of hydrogen-bond acceptors (Lipinski definition) is 3. The van der Waals surface area contributed by atoms with Gasteiger partial charge in [-0.05, 0) is 48.7 Å². The monoisotopic (exact) mass is 345 g/mol. The second-order valence-corrected chi connectivity index (χ2v) is 5.67. The number of carbonyl (C=O) groups excluding carboxylic acids is 1. The third-order valence-corrected chi connectivity index (χ3v) is 4.01. The van der Waals surface area contributed by atoms with Crippen molar-refractivity contribution in [2.75, 3.05) is 13.7 Å². The first-order chi connectivity index (χ1) is 12.1. The van der Waals surface area contributed by atoms with E-state index < -0.39 is 5.82 Å². The van der Waals surface area contributed by atoms with Crippen LogP contribution in [-0.2, 0) is 6.54 Å². The molecule has 1 N–H and O–H groups in total. The Labute approximate surface area is 147 Å². The van der Waals surface area contributed by atoms with Gasteiger partial charge < -0.3 is 15.0 Å². The van der Waals surface area contributed by atoms with Gasteiger partial charge in [-0.2, -0.15) is 0 Å². The van der Waals surface area contributed by atoms with Crippen molar-refractivity contribution >= 4 is 6.03 Å². The summed E-state index contributed by atoms with van der Waals surface area (Å²) in [6, 6.07) is 8.26. The van der Waals surface area contributed by atoms with Crippen LogP contribution in [0.3, 0.4) is 0 Å². The molecule has 2 rings (SSSR count). The van der Waals surface area contributed by atoms with Crippen molar-refractivity contribution in [3.8, 4) is 5.75 Å². The van der Waals surface area contributed by atoms with E-state index >= 15 is 0 Å². The lowest BCUT2D eigenvalue weighted by Gasteiger charge is -2.27. The number of benzene rings is 1. The number of pyridine rings is 1. The summed E-state index contributed by atoms with van der Waals surface area (Å²) in [6.45, 7) is 4.48. The number of carbonyl (C=O) groups is 1. The van der Waals surface area contributed by atoms with Crippen molar-refractivity contribution < 1.29 is 13.9 Å². The second kappa shape index (κ2) is 9.01. The zero-order chi connectivity index (χ0) is 18.2. The smallest absolute Gasteiger partial charge is 0.317 e. The highest BCUT2D eigenvalue weighted by molar-refractivity contribution is 5.74. The minimum absolute atomic E-state index is 0.0416. The average molecular weight is 345 g/mol. The van der Waals surface area contributed by atoms with Gasteiger partial charge in [0.1, 0.15) is 0 Å². The number of hydrogen-bond donors (Lipinski definition) is 1. The minimum Gasteiger partial charge on any atom is -0.491 e. The number of rotatable bonds is 7. The van der Waals surface area contributed by atoms with Gasteiger partial charge in [0, 0.05) is 26.0 Å². The summed E-state index contributed by atoms with van der Waals surface area (Å²) >= 11 is 0. The first-order valence-electron chi connectivity index (χ1n) is 8.38.